The second kappa shape index (κ2) is 15.3. The first kappa shape index (κ1) is 29.4. The van der Waals surface area contributed by atoms with E-state index in [1.165, 1.54) is 0 Å². The normalized spacial score (nSPS) is 10.6. The van der Waals surface area contributed by atoms with Crippen LogP contribution in [0.3, 0.4) is 0 Å². The molecule has 0 aliphatic carbocycles. The molecule has 0 spiro atoms. The number of carbonyl (C=O) groups excluding carboxylic acids is 1. The van der Waals surface area contributed by atoms with Gasteiger partial charge in [-0.25, -0.2) is 4.98 Å². The van der Waals surface area contributed by atoms with Crippen LogP contribution in [0.5, 0.6) is 0 Å². The number of ether oxygens (including phenoxy) is 1. The van der Waals surface area contributed by atoms with Crippen molar-refractivity contribution in [3.8, 4) is 6.07 Å². The molecule has 0 fully saturated rings. The minimum atomic E-state index is -0.119. The van der Waals surface area contributed by atoms with Crippen molar-refractivity contribution < 1.29 is 9.53 Å². The summed E-state index contributed by atoms with van der Waals surface area (Å²) < 4.78 is 7.02. The third-order valence-electron chi connectivity index (χ3n) is 5.76. The topological polar surface area (TPSA) is 95.2 Å². The van der Waals surface area contributed by atoms with Crippen molar-refractivity contribution in [2.45, 2.75) is 25.9 Å². The zero-order valence-corrected chi connectivity index (χ0v) is 23.5. The van der Waals surface area contributed by atoms with Crippen LogP contribution in [0.1, 0.15) is 28.8 Å². The fraction of sp³-hybridized carbons (Fsp3) is 0.333. The number of carbonyl (C=O) groups is 1. The molecule has 3 aromatic rings. The number of hydrogen-bond acceptors (Lipinski definition) is 5. The number of benzene rings is 2. The lowest BCUT2D eigenvalue weighted by Crippen LogP contribution is -2.44. The lowest BCUT2D eigenvalue weighted by atomic mass is 10.1. The van der Waals surface area contributed by atoms with Crippen molar-refractivity contribution in [1.82, 2.24) is 25.1 Å². The van der Waals surface area contributed by atoms with E-state index in [1.807, 2.05) is 33.7 Å². The van der Waals surface area contributed by atoms with Crippen LogP contribution in [0, 0.1) is 11.3 Å². The molecule has 0 atom stereocenters. The van der Waals surface area contributed by atoms with E-state index in [2.05, 4.69) is 21.7 Å². The highest BCUT2D eigenvalue weighted by Crippen LogP contribution is 2.26. The molecular formula is C27H30Cl2N6O2S. The van der Waals surface area contributed by atoms with Gasteiger partial charge in [0.1, 0.15) is 0 Å². The van der Waals surface area contributed by atoms with Crippen molar-refractivity contribution in [2.75, 3.05) is 33.4 Å². The number of aromatic nitrogens is 2. The van der Waals surface area contributed by atoms with Crippen LogP contribution < -0.4 is 10.6 Å². The van der Waals surface area contributed by atoms with Gasteiger partial charge in [-0.2, -0.15) is 5.26 Å². The summed E-state index contributed by atoms with van der Waals surface area (Å²) >= 11 is 18.2. The minimum absolute atomic E-state index is 0.119. The highest BCUT2D eigenvalue weighted by Gasteiger charge is 2.15. The predicted octanol–water partition coefficient (Wildman–Crippen LogP) is 4.18. The molecule has 1 heterocycles. The van der Waals surface area contributed by atoms with E-state index >= 15 is 0 Å². The van der Waals surface area contributed by atoms with Gasteiger partial charge in [-0.05, 0) is 48.0 Å². The number of amides is 1. The van der Waals surface area contributed by atoms with Gasteiger partial charge in [0.25, 0.3) is 0 Å². The van der Waals surface area contributed by atoms with Gasteiger partial charge in [0.15, 0.2) is 5.11 Å². The van der Waals surface area contributed by atoms with Gasteiger partial charge in [-0.3, -0.25) is 4.79 Å². The molecule has 200 valence electrons. The van der Waals surface area contributed by atoms with Crippen molar-refractivity contribution in [1.29, 1.82) is 5.26 Å². The summed E-state index contributed by atoms with van der Waals surface area (Å²) in [6, 6.07) is 15.0. The molecule has 0 saturated heterocycles. The van der Waals surface area contributed by atoms with Crippen molar-refractivity contribution in [3.05, 3.63) is 87.4 Å². The number of thiocarbonyl (C=S) groups is 1. The molecule has 0 bridgehead atoms. The number of nitriles is 1. The molecule has 0 saturated carbocycles. The van der Waals surface area contributed by atoms with Crippen LogP contribution in [0.2, 0.25) is 10.0 Å². The van der Waals surface area contributed by atoms with Gasteiger partial charge in [-0.1, -0.05) is 47.5 Å². The van der Waals surface area contributed by atoms with E-state index in [9.17, 15) is 4.79 Å². The maximum atomic E-state index is 12.7. The summed E-state index contributed by atoms with van der Waals surface area (Å²) in [5.41, 5.74) is 3.27. The van der Waals surface area contributed by atoms with Crippen LogP contribution in [0.25, 0.3) is 0 Å². The van der Waals surface area contributed by atoms with Crippen molar-refractivity contribution in [3.63, 3.8) is 0 Å². The van der Waals surface area contributed by atoms with E-state index in [0.717, 1.165) is 23.2 Å². The van der Waals surface area contributed by atoms with E-state index in [-0.39, 0.29) is 12.3 Å². The number of rotatable bonds is 13. The molecule has 1 aromatic heterocycles. The van der Waals surface area contributed by atoms with Crippen LogP contribution in [-0.2, 0) is 29.0 Å². The highest BCUT2D eigenvalue weighted by atomic mass is 35.5. The monoisotopic (exact) mass is 572 g/mol. The van der Waals surface area contributed by atoms with E-state index in [4.69, 9.17) is 45.4 Å². The first-order valence-electron chi connectivity index (χ1n) is 12.1. The van der Waals surface area contributed by atoms with Gasteiger partial charge in [0, 0.05) is 58.3 Å². The summed E-state index contributed by atoms with van der Waals surface area (Å²) in [5.74, 6) is -0.119. The number of halogens is 2. The lowest BCUT2D eigenvalue weighted by molar-refractivity contribution is -0.120. The Bertz CT molecular complexity index is 1260. The molecule has 11 heteroatoms. The molecule has 2 N–H and O–H groups in total. The molecule has 0 radical (unpaired) electrons. The Morgan fingerprint density at radius 3 is 2.71 bits per heavy atom. The second-order valence-electron chi connectivity index (χ2n) is 8.56. The number of nitrogens with one attached hydrogen (secondary N) is 2. The standard InChI is InChI=1S/C27H30Cl2N6O2S/c1-37-13-3-10-33-27(38)34(18-22-4-2-5-24(28)26(22)29)12-11-32-25(36)14-23-16-31-19-35(23)17-21-8-6-20(15-30)7-9-21/h2,4-9,16,19H,3,10-14,17-18H2,1H3,(H,32,36)(H,33,38). The Morgan fingerprint density at radius 1 is 1.18 bits per heavy atom. The third-order valence-corrected chi connectivity index (χ3v) is 7.02. The zero-order chi connectivity index (χ0) is 27.3. The third kappa shape index (κ3) is 8.99. The highest BCUT2D eigenvalue weighted by molar-refractivity contribution is 7.80. The average Bonchev–Trinajstić information content (AvgIpc) is 3.34. The molecule has 1 amide bonds. The SMILES string of the molecule is COCCCNC(=S)N(CCNC(=O)Cc1cncn1Cc1ccc(C#N)cc1)Cc1cccc(Cl)c1Cl. The summed E-state index contributed by atoms with van der Waals surface area (Å²) in [7, 11) is 1.66. The fourth-order valence-electron chi connectivity index (χ4n) is 3.73. The van der Waals surface area contributed by atoms with E-state index in [1.54, 1.807) is 37.8 Å². The molecular weight excluding hydrogens is 543 g/mol. The first-order chi connectivity index (χ1) is 18.4. The van der Waals surface area contributed by atoms with Crippen molar-refractivity contribution >= 4 is 46.4 Å². The van der Waals surface area contributed by atoms with Gasteiger partial charge in [0.2, 0.25) is 5.91 Å². The van der Waals surface area contributed by atoms with Gasteiger partial charge in [0.05, 0.1) is 34.4 Å². The molecule has 0 unspecified atom stereocenters. The molecule has 0 aliphatic heterocycles. The molecule has 8 nitrogen and oxygen atoms in total. The Balaban J connectivity index is 1.56. The Kier molecular flexibility index (Phi) is 11.8. The van der Waals surface area contributed by atoms with Gasteiger partial charge < -0.3 is 24.8 Å². The second-order valence-corrected chi connectivity index (χ2v) is 9.73. The Labute approximate surface area is 238 Å². The average molecular weight is 574 g/mol. The smallest absolute Gasteiger partial charge is 0.226 e. The molecule has 2 aromatic carbocycles. The van der Waals surface area contributed by atoms with Crippen LogP contribution in [0.4, 0.5) is 0 Å². The number of hydrogen-bond donors (Lipinski definition) is 2. The Hall–Kier alpha value is -3.16. The van der Waals surface area contributed by atoms with Gasteiger partial charge in [-0.15, -0.1) is 0 Å². The van der Waals surface area contributed by atoms with E-state index < -0.39 is 0 Å². The van der Waals surface area contributed by atoms with Crippen LogP contribution in [-0.4, -0.2) is 58.8 Å². The summed E-state index contributed by atoms with van der Waals surface area (Å²) in [6.07, 6.45) is 4.39. The molecule has 38 heavy (non-hydrogen) atoms. The van der Waals surface area contributed by atoms with E-state index in [0.29, 0.717) is 60.1 Å². The predicted molar refractivity (Wildman–Crippen MR) is 153 cm³/mol. The van der Waals surface area contributed by atoms with Crippen molar-refractivity contribution in [2.24, 2.45) is 0 Å². The largest absolute Gasteiger partial charge is 0.385 e. The van der Waals surface area contributed by atoms with Crippen LogP contribution >= 0.6 is 35.4 Å². The summed E-state index contributed by atoms with van der Waals surface area (Å²) in [4.78, 5) is 18.9. The maximum absolute atomic E-state index is 12.7. The zero-order valence-electron chi connectivity index (χ0n) is 21.1. The summed E-state index contributed by atoms with van der Waals surface area (Å²) in [5, 5.41) is 16.7. The first-order valence-corrected chi connectivity index (χ1v) is 13.3. The summed E-state index contributed by atoms with van der Waals surface area (Å²) in [6.45, 7) is 3.18. The minimum Gasteiger partial charge on any atom is -0.385 e. The lowest BCUT2D eigenvalue weighted by Gasteiger charge is -2.27. The number of methoxy groups -OCH3 is 1. The fourth-order valence-corrected chi connectivity index (χ4v) is 4.37. The van der Waals surface area contributed by atoms with Gasteiger partial charge >= 0.3 is 0 Å². The number of imidazole rings is 1. The Morgan fingerprint density at radius 2 is 1.97 bits per heavy atom. The number of nitrogens with zero attached hydrogens (tertiary/aromatic N) is 4. The quantitative estimate of drug-likeness (QED) is 0.234. The van der Waals surface area contributed by atoms with Crippen LogP contribution in [0.15, 0.2) is 55.0 Å². The maximum Gasteiger partial charge on any atom is 0.226 e. The molecule has 3 rings (SSSR count). The molecule has 0 aliphatic rings.